The first-order valence-electron chi connectivity index (χ1n) is 8.04. The lowest BCUT2D eigenvalue weighted by Gasteiger charge is -2.28. The summed E-state index contributed by atoms with van der Waals surface area (Å²) in [6, 6.07) is 14.6. The van der Waals surface area contributed by atoms with Gasteiger partial charge in [0.1, 0.15) is 15.1 Å². The summed E-state index contributed by atoms with van der Waals surface area (Å²) in [4.78, 5) is 25.6. The molecule has 0 bridgehead atoms. The van der Waals surface area contributed by atoms with Gasteiger partial charge in [0.15, 0.2) is 0 Å². The van der Waals surface area contributed by atoms with Gasteiger partial charge in [-0.2, -0.15) is 0 Å². The van der Waals surface area contributed by atoms with Gasteiger partial charge in [0, 0.05) is 11.1 Å². The summed E-state index contributed by atoms with van der Waals surface area (Å²) >= 11 is 7.40. The van der Waals surface area contributed by atoms with Crippen molar-refractivity contribution in [2.75, 3.05) is 12.4 Å². The molecule has 0 aliphatic carbocycles. The van der Waals surface area contributed by atoms with Crippen molar-refractivity contribution in [3.05, 3.63) is 70.1 Å². The minimum absolute atomic E-state index is 0.0128. The number of thiophene rings is 1. The highest BCUT2D eigenvalue weighted by molar-refractivity contribution is 7.21. The molecule has 1 unspecified atom stereocenters. The first-order chi connectivity index (χ1) is 13.0. The number of methoxy groups -OCH3 is 1. The van der Waals surface area contributed by atoms with Crippen molar-refractivity contribution in [3.8, 4) is 16.9 Å². The van der Waals surface area contributed by atoms with E-state index in [0.717, 1.165) is 11.3 Å². The van der Waals surface area contributed by atoms with Gasteiger partial charge in [0.05, 0.1) is 12.7 Å². The van der Waals surface area contributed by atoms with Crippen LogP contribution in [0.5, 0.6) is 5.75 Å². The number of Topliss-reactive ketones (excluding diaryl/α,β-unsaturated/α-hetero) is 1. The number of fused-ring (bicyclic) bond motifs is 1. The van der Waals surface area contributed by atoms with E-state index in [9.17, 15) is 9.59 Å². The summed E-state index contributed by atoms with van der Waals surface area (Å²) in [5, 5.41) is 2.76. The van der Waals surface area contributed by atoms with E-state index in [2.05, 4.69) is 5.32 Å². The number of ketones is 1. The number of hydrogen-bond acceptors (Lipinski definition) is 4. The van der Waals surface area contributed by atoms with Crippen LogP contribution in [0.4, 0.5) is 9.39 Å². The molecule has 1 N–H and O–H groups in total. The second-order valence-electron chi connectivity index (χ2n) is 5.99. The fourth-order valence-electron chi connectivity index (χ4n) is 3.12. The molecule has 1 aromatic heterocycles. The maximum atomic E-state index is 15.8. The predicted molar refractivity (Wildman–Crippen MR) is 104 cm³/mol. The third kappa shape index (κ3) is 2.64. The zero-order valence-electron chi connectivity index (χ0n) is 14.1. The van der Waals surface area contributed by atoms with Crippen LogP contribution >= 0.6 is 22.9 Å². The number of anilines is 1. The largest absolute Gasteiger partial charge is 0.497 e. The average Bonchev–Trinajstić information content (AvgIpc) is 3.02. The number of carbonyl (C=O) groups is 2. The van der Waals surface area contributed by atoms with Crippen molar-refractivity contribution in [1.29, 1.82) is 0 Å². The van der Waals surface area contributed by atoms with Gasteiger partial charge in [0.2, 0.25) is 5.78 Å². The van der Waals surface area contributed by atoms with E-state index in [1.165, 1.54) is 12.1 Å². The monoisotopic (exact) mass is 401 g/mol. The van der Waals surface area contributed by atoms with Crippen molar-refractivity contribution in [1.82, 2.24) is 0 Å². The number of nitrogens with one attached hydrogen (secondary N) is 1. The Balaban J connectivity index is 1.90. The fraction of sp³-hybridized carbons (Fsp3) is 0.100. The minimum Gasteiger partial charge on any atom is -0.497 e. The molecule has 0 radical (unpaired) electrons. The predicted octanol–water partition coefficient (Wildman–Crippen LogP) is 5.08. The van der Waals surface area contributed by atoms with E-state index in [1.54, 1.807) is 49.6 Å². The van der Waals surface area contributed by atoms with Crippen molar-refractivity contribution in [2.24, 2.45) is 0 Å². The van der Waals surface area contributed by atoms with E-state index in [4.69, 9.17) is 16.3 Å². The lowest BCUT2D eigenvalue weighted by Crippen LogP contribution is -2.47. The zero-order chi connectivity index (χ0) is 19.2. The lowest BCUT2D eigenvalue weighted by molar-refractivity contribution is -0.125. The molecular formula is C20H13ClFNO3S. The number of benzene rings is 2. The smallest absolute Gasteiger partial charge is 0.275 e. The molecule has 27 heavy (non-hydrogen) atoms. The third-order valence-electron chi connectivity index (χ3n) is 4.50. The molecule has 0 spiro atoms. The highest BCUT2D eigenvalue weighted by Crippen LogP contribution is 2.49. The van der Waals surface area contributed by atoms with Crippen LogP contribution in [-0.4, -0.2) is 18.8 Å². The van der Waals surface area contributed by atoms with Crippen LogP contribution in [-0.2, 0) is 10.5 Å². The normalized spacial score (nSPS) is 18.8. The number of ether oxygens (including phenoxy) is 1. The van der Waals surface area contributed by atoms with Crippen molar-refractivity contribution >= 4 is 39.6 Å². The average molecular weight is 402 g/mol. The summed E-state index contributed by atoms with van der Waals surface area (Å²) < 4.78 is 21.2. The number of halogens is 2. The van der Waals surface area contributed by atoms with E-state index < -0.39 is 17.4 Å². The quantitative estimate of drug-likeness (QED) is 0.623. The van der Waals surface area contributed by atoms with Gasteiger partial charge in [0.25, 0.3) is 11.6 Å². The molecule has 136 valence electrons. The molecule has 2 aromatic carbocycles. The highest BCUT2D eigenvalue weighted by Gasteiger charge is 2.54. The molecule has 3 aromatic rings. The molecule has 1 atom stereocenters. The Bertz CT molecular complexity index is 1050. The lowest BCUT2D eigenvalue weighted by atomic mass is 9.83. The summed E-state index contributed by atoms with van der Waals surface area (Å²) in [5.41, 5.74) is -1.69. The van der Waals surface area contributed by atoms with Gasteiger partial charge in [-0.05, 0) is 17.7 Å². The van der Waals surface area contributed by atoms with Gasteiger partial charge < -0.3 is 10.1 Å². The molecule has 0 saturated carbocycles. The van der Waals surface area contributed by atoms with E-state index in [0.29, 0.717) is 21.2 Å². The molecule has 4 rings (SSSR count). The maximum absolute atomic E-state index is 15.8. The topological polar surface area (TPSA) is 55.4 Å². The number of carbonyl (C=O) groups excluding carboxylic acids is 2. The molecule has 0 saturated heterocycles. The van der Waals surface area contributed by atoms with Gasteiger partial charge in [-0.25, -0.2) is 4.39 Å². The zero-order valence-corrected chi connectivity index (χ0v) is 15.7. The van der Waals surface area contributed by atoms with Crippen LogP contribution in [0.25, 0.3) is 11.1 Å². The standard InChI is InChI=1S/C20H13ClFNO3S/c1-26-13-9-7-11(8-10-13)14-15-16(24)20(22,12-5-3-2-4-6-12)19(25)23-18(15)27-17(14)21/h2-10H,1H3,(H,23,25). The van der Waals surface area contributed by atoms with Crippen molar-refractivity contribution in [3.63, 3.8) is 0 Å². The summed E-state index contributed by atoms with van der Waals surface area (Å²) in [6.45, 7) is 0. The molecule has 1 amide bonds. The Morgan fingerprint density at radius 3 is 2.33 bits per heavy atom. The summed E-state index contributed by atoms with van der Waals surface area (Å²) in [5.74, 6) is -1.28. The molecular weight excluding hydrogens is 389 g/mol. The SMILES string of the molecule is COc1ccc(-c2c(Cl)sc3c2C(=O)C(F)(c2ccccc2)C(=O)N3)cc1. The second kappa shape index (κ2) is 6.48. The molecule has 0 fully saturated rings. The van der Waals surface area contributed by atoms with E-state index in [1.807, 2.05) is 0 Å². The first kappa shape index (κ1) is 17.7. The van der Waals surface area contributed by atoms with E-state index >= 15 is 4.39 Å². The fourth-order valence-corrected chi connectivity index (χ4v) is 4.50. The summed E-state index contributed by atoms with van der Waals surface area (Å²) in [7, 11) is 1.55. The Labute approximate surface area is 163 Å². The Hall–Kier alpha value is -2.70. The van der Waals surface area contributed by atoms with Crippen LogP contribution in [0.2, 0.25) is 4.34 Å². The minimum atomic E-state index is -2.81. The van der Waals surface area contributed by atoms with Gasteiger partial charge in [-0.3, -0.25) is 9.59 Å². The molecule has 1 aliphatic rings. The van der Waals surface area contributed by atoms with Crippen LogP contribution < -0.4 is 10.1 Å². The summed E-state index contributed by atoms with van der Waals surface area (Å²) in [6.07, 6.45) is 0. The Morgan fingerprint density at radius 2 is 1.70 bits per heavy atom. The maximum Gasteiger partial charge on any atom is 0.275 e. The van der Waals surface area contributed by atoms with Crippen LogP contribution in [0, 0.1) is 0 Å². The Kier molecular flexibility index (Phi) is 4.25. The van der Waals surface area contributed by atoms with Gasteiger partial charge in [-0.15, -0.1) is 11.3 Å². The Morgan fingerprint density at radius 1 is 1.04 bits per heavy atom. The molecule has 7 heteroatoms. The van der Waals surface area contributed by atoms with Crippen molar-refractivity contribution in [2.45, 2.75) is 5.67 Å². The van der Waals surface area contributed by atoms with Crippen molar-refractivity contribution < 1.29 is 18.7 Å². The van der Waals surface area contributed by atoms with Crippen LogP contribution in [0.3, 0.4) is 0 Å². The third-order valence-corrected chi connectivity index (χ3v) is 5.81. The van der Waals surface area contributed by atoms with Crippen LogP contribution in [0.1, 0.15) is 15.9 Å². The number of amides is 1. The number of hydrogen-bond donors (Lipinski definition) is 1. The van der Waals surface area contributed by atoms with Crippen LogP contribution in [0.15, 0.2) is 54.6 Å². The molecule has 1 aliphatic heterocycles. The highest BCUT2D eigenvalue weighted by atomic mass is 35.5. The number of rotatable bonds is 3. The second-order valence-corrected chi connectivity index (χ2v) is 7.61. The molecule has 2 heterocycles. The first-order valence-corrected chi connectivity index (χ1v) is 9.23. The molecule has 4 nitrogen and oxygen atoms in total. The van der Waals surface area contributed by atoms with Gasteiger partial charge in [-0.1, -0.05) is 54.1 Å². The van der Waals surface area contributed by atoms with E-state index in [-0.39, 0.29) is 16.1 Å². The number of alkyl halides is 1. The van der Waals surface area contributed by atoms with Gasteiger partial charge >= 0.3 is 0 Å².